The van der Waals surface area contributed by atoms with E-state index in [4.69, 9.17) is 9.73 Å². The first kappa shape index (κ1) is 24.7. The van der Waals surface area contributed by atoms with E-state index in [1.807, 2.05) is 13.3 Å². The molecule has 0 aliphatic heterocycles. The van der Waals surface area contributed by atoms with Crippen LogP contribution in [0.5, 0.6) is 0 Å². The smallest absolute Gasteiger partial charge is 0.129 e. The van der Waals surface area contributed by atoms with Gasteiger partial charge in [0.1, 0.15) is 5.82 Å². The van der Waals surface area contributed by atoms with Crippen molar-refractivity contribution in [2.45, 2.75) is 59.9 Å². The molecule has 0 saturated heterocycles. The summed E-state index contributed by atoms with van der Waals surface area (Å²) in [6.45, 7) is 11.4. The SMILES string of the molecule is CC\C=N/C(NC(C)C)=C(CC)/C(=C\NC)C1=CC(/C=C\COC)=C(C)CC=C1. The van der Waals surface area contributed by atoms with Gasteiger partial charge in [0.2, 0.25) is 0 Å². The molecule has 0 atom stereocenters. The Balaban J connectivity index is 3.55. The second-order valence-electron chi connectivity index (χ2n) is 7.35. The molecule has 0 fully saturated rings. The molecule has 0 amide bonds. The number of hydrogen-bond acceptors (Lipinski definition) is 4. The summed E-state index contributed by atoms with van der Waals surface area (Å²) in [5.74, 6) is 0.946. The summed E-state index contributed by atoms with van der Waals surface area (Å²) < 4.78 is 5.18. The summed E-state index contributed by atoms with van der Waals surface area (Å²) in [7, 11) is 3.66. The number of nitrogens with one attached hydrogen (secondary N) is 2. The maximum absolute atomic E-state index is 5.18. The Morgan fingerprint density at radius 1 is 1.31 bits per heavy atom. The molecule has 0 unspecified atom stereocenters. The fraction of sp³-hybridized carbons (Fsp3) is 0.480. The second-order valence-corrected chi connectivity index (χ2v) is 7.35. The normalized spacial score (nSPS) is 16.6. The minimum Gasteiger partial charge on any atom is -0.393 e. The fourth-order valence-corrected chi connectivity index (χ4v) is 3.08. The van der Waals surface area contributed by atoms with E-state index in [0.717, 1.165) is 30.7 Å². The molecule has 0 saturated carbocycles. The summed E-state index contributed by atoms with van der Waals surface area (Å²) in [5.41, 5.74) is 6.12. The number of ether oxygens (including phenoxy) is 1. The second kappa shape index (κ2) is 13.8. The highest BCUT2D eigenvalue weighted by atomic mass is 16.5. The molecule has 0 aromatic carbocycles. The number of rotatable bonds is 11. The highest BCUT2D eigenvalue weighted by Gasteiger charge is 2.15. The summed E-state index contributed by atoms with van der Waals surface area (Å²) >= 11 is 0. The van der Waals surface area contributed by atoms with Gasteiger partial charge in [-0.25, -0.2) is 4.99 Å². The van der Waals surface area contributed by atoms with Crippen molar-refractivity contribution < 1.29 is 4.74 Å². The number of methoxy groups -OCH3 is 1. The zero-order valence-corrected chi connectivity index (χ0v) is 19.3. The van der Waals surface area contributed by atoms with Crippen LogP contribution in [0.4, 0.5) is 0 Å². The van der Waals surface area contributed by atoms with E-state index in [1.165, 1.54) is 22.3 Å². The predicted molar refractivity (Wildman–Crippen MR) is 127 cm³/mol. The lowest BCUT2D eigenvalue weighted by molar-refractivity contribution is 0.234. The molecule has 0 heterocycles. The third kappa shape index (κ3) is 8.28. The van der Waals surface area contributed by atoms with Gasteiger partial charge in [-0.1, -0.05) is 43.7 Å². The Labute approximate surface area is 177 Å². The molecule has 1 aliphatic carbocycles. The van der Waals surface area contributed by atoms with Crippen LogP contribution in [0.3, 0.4) is 0 Å². The van der Waals surface area contributed by atoms with Gasteiger partial charge in [-0.3, -0.25) is 0 Å². The first-order chi connectivity index (χ1) is 14.0. The van der Waals surface area contributed by atoms with Crippen molar-refractivity contribution in [2.75, 3.05) is 20.8 Å². The zero-order valence-electron chi connectivity index (χ0n) is 19.3. The standard InChI is InChI=1S/C25H39N3O/c1-8-15-27-25(28-19(3)4)23(9-2)24(18-26-6)22-13-10-12-20(5)21(17-22)14-11-16-29-7/h10-11,13-15,17-19,26,28H,8-9,12,16H2,1-7H3/b14-11-,24-18-,25-23-,27-15-. The van der Waals surface area contributed by atoms with E-state index in [0.29, 0.717) is 12.6 Å². The van der Waals surface area contributed by atoms with Gasteiger partial charge in [0, 0.05) is 43.8 Å². The topological polar surface area (TPSA) is 45.7 Å². The van der Waals surface area contributed by atoms with Crippen LogP contribution in [0.15, 0.2) is 75.3 Å². The predicted octanol–water partition coefficient (Wildman–Crippen LogP) is 5.60. The Kier molecular flexibility index (Phi) is 11.7. The highest BCUT2D eigenvalue weighted by molar-refractivity contribution is 5.61. The van der Waals surface area contributed by atoms with Crippen molar-refractivity contribution in [3.05, 3.63) is 70.3 Å². The average Bonchev–Trinajstić information content (AvgIpc) is 2.87. The van der Waals surface area contributed by atoms with Crippen molar-refractivity contribution in [1.82, 2.24) is 10.6 Å². The number of hydrogen-bond donors (Lipinski definition) is 2. The average molecular weight is 398 g/mol. The molecule has 4 heteroatoms. The van der Waals surface area contributed by atoms with Crippen molar-refractivity contribution in [3.63, 3.8) is 0 Å². The Hall–Kier alpha value is -2.33. The highest BCUT2D eigenvalue weighted by Crippen LogP contribution is 2.30. The van der Waals surface area contributed by atoms with Gasteiger partial charge in [0.25, 0.3) is 0 Å². The van der Waals surface area contributed by atoms with Crippen LogP contribution >= 0.6 is 0 Å². The Morgan fingerprint density at radius 2 is 2.07 bits per heavy atom. The molecule has 4 nitrogen and oxygen atoms in total. The maximum Gasteiger partial charge on any atom is 0.129 e. The summed E-state index contributed by atoms with van der Waals surface area (Å²) in [6.07, 6.45) is 17.7. The minimum absolute atomic E-state index is 0.310. The molecule has 1 aliphatic rings. The molecule has 0 radical (unpaired) electrons. The van der Waals surface area contributed by atoms with Crippen LogP contribution in [0.25, 0.3) is 0 Å². The van der Waals surface area contributed by atoms with E-state index in [1.54, 1.807) is 7.11 Å². The summed E-state index contributed by atoms with van der Waals surface area (Å²) in [5, 5.41) is 6.78. The zero-order chi connectivity index (χ0) is 21.6. The Morgan fingerprint density at radius 3 is 2.66 bits per heavy atom. The van der Waals surface area contributed by atoms with Crippen molar-refractivity contribution in [1.29, 1.82) is 0 Å². The number of nitrogens with zero attached hydrogens (tertiary/aromatic N) is 1. The van der Waals surface area contributed by atoms with E-state index >= 15 is 0 Å². The fourth-order valence-electron chi connectivity index (χ4n) is 3.08. The lowest BCUT2D eigenvalue weighted by atomic mass is 9.94. The van der Waals surface area contributed by atoms with Crippen molar-refractivity contribution in [3.8, 4) is 0 Å². The Bertz CT molecular complexity index is 731. The molecule has 1 rings (SSSR count). The molecule has 2 N–H and O–H groups in total. The van der Waals surface area contributed by atoms with Crippen molar-refractivity contribution in [2.24, 2.45) is 4.99 Å². The van der Waals surface area contributed by atoms with Crippen molar-refractivity contribution >= 4 is 6.21 Å². The van der Waals surface area contributed by atoms with Crippen LogP contribution in [-0.2, 0) is 4.74 Å². The quantitative estimate of drug-likeness (QED) is 0.352. The van der Waals surface area contributed by atoms with Gasteiger partial charge >= 0.3 is 0 Å². The molecule has 0 spiro atoms. The van der Waals surface area contributed by atoms with Gasteiger partial charge in [-0.15, -0.1) is 0 Å². The molecule has 0 aromatic heterocycles. The summed E-state index contributed by atoms with van der Waals surface area (Å²) in [6, 6.07) is 0.310. The third-order valence-corrected chi connectivity index (χ3v) is 4.48. The van der Waals surface area contributed by atoms with Crippen LogP contribution in [0.2, 0.25) is 0 Å². The molecule has 29 heavy (non-hydrogen) atoms. The van der Waals surface area contributed by atoms with E-state index in [-0.39, 0.29) is 0 Å². The number of aliphatic imine (C=N–C) groups is 1. The van der Waals surface area contributed by atoms with Gasteiger partial charge in [-0.05, 0) is 57.3 Å². The van der Waals surface area contributed by atoms with E-state index in [9.17, 15) is 0 Å². The van der Waals surface area contributed by atoms with Crippen LogP contribution < -0.4 is 10.6 Å². The van der Waals surface area contributed by atoms with Gasteiger partial charge < -0.3 is 15.4 Å². The largest absolute Gasteiger partial charge is 0.393 e. The molecular formula is C25H39N3O. The first-order valence-electron chi connectivity index (χ1n) is 10.6. The maximum atomic E-state index is 5.18. The van der Waals surface area contributed by atoms with E-state index in [2.05, 4.69) is 81.8 Å². The molecule has 160 valence electrons. The molecular weight excluding hydrogens is 358 g/mol. The lowest BCUT2D eigenvalue weighted by Gasteiger charge is -2.19. The first-order valence-corrected chi connectivity index (χ1v) is 10.6. The van der Waals surface area contributed by atoms with Crippen LogP contribution in [0, 0.1) is 0 Å². The minimum atomic E-state index is 0.310. The third-order valence-electron chi connectivity index (χ3n) is 4.48. The monoisotopic (exact) mass is 397 g/mol. The van der Waals surface area contributed by atoms with E-state index < -0.39 is 0 Å². The van der Waals surface area contributed by atoms with Gasteiger partial charge in [-0.2, -0.15) is 0 Å². The number of allylic oxidation sites excluding steroid dienone is 9. The van der Waals surface area contributed by atoms with Gasteiger partial charge in [0.05, 0.1) is 6.61 Å². The van der Waals surface area contributed by atoms with Crippen LogP contribution in [0.1, 0.15) is 53.9 Å². The van der Waals surface area contributed by atoms with Gasteiger partial charge in [0.15, 0.2) is 0 Å². The molecule has 0 aromatic rings. The lowest BCUT2D eigenvalue weighted by Crippen LogP contribution is -2.23. The molecule has 0 bridgehead atoms. The van der Waals surface area contributed by atoms with Crippen LogP contribution in [-0.4, -0.2) is 33.0 Å². The summed E-state index contributed by atoms with van der Waals surface area (Å²) in [4.78, 5) is 4.75.